The number of nitrogens with one attached hydrogen (secondary N) is 1. The molecule has 0 aromatic heterocycles. The van der Waals surface area contributed by atoms with Crippen LogP contribution in [0.25, 0.3) is 0 Å². The average Bonchev–Trinajstić information content (AvgIpc) is 3.19. The molecule has 0 unspecified atom stereocenters. The number of hydrogen-bond acceptors (Lipinski definition) is 3. The van der Waals surface area contributed by atoms with Crippen molar-refractivity contribution in [2.75, 3.05) is 23.3 Å². The predicted molar refractivity (Wildman–Crippen MR) is 91.5 cm³/mol. The molecule has 3 fully saturated rings. The van der Waals surface area contributed by atoms with Crippen molar-refractivity contribution in [3.63, 3.8) is 0 Å². The molecule has 1 amide bonds. The smallest absolute Gasteiger partial charge is 0.227 e. The van der Waals surface area contributed by atoms with E-state index in [1.807, 2.05) is 12.1 Å². The topological polar surface area (TPSA) is 52.6 Å². The highest BCUT2D eigenvalue weighted by molar-refractivity contribution is 5.93. The first-order valence-electron chi connectivity index (χ1n) is 9.03. The van der Waals surface area contributed by atoms with Crippen LogP contribution >= 0.6 is 0 Å². The van der Waals surface area contributed by atoms with Gasteiger partial charge in [0.2, 0.25) is 5.91 Å². The minimum absolute atomic E-state index is 0.147. The van der Waals surface area contributed by atoms with Crippen LogP contribution in [0.3, 0.4) is 0 Å². The second-order valence-corrected chi connectivity index (χ2v) is 7.54. The van der Waals surface area contributed by atoms with E-state index in [1.165, 1.54) is 24.9 Å². The van der Waals surface area contributed by atoms with Gasteiger partial charge in [0, 0.05) is 30.4 Å². The van der Waals surface area contributed by atoms with Crippen LogP contribution in [0.5, 0.6) is 0 Å². The number of aliphatic hydroxyl groups is 1. The van der Waals surface area contributed by atoms with Crippen LogP contribution in [0.4, 0.5) is 11.4 Å². The molecule has 3 aliphatic rings. The van der Waals surface area contributed by atoms with E-state index >= 15 is 0 Å². The van der Waals surface area contributed by atoms with Crippen LogP contribution < -0.4 is 10.2 Å². The summed E-state index contributed by atoms with van der Waals surface area (Å²) >= 11 is 0. The largest absolute Gasteiger partial charge is 0.393 e. The van der Waals surface area contributed by atoms with Gasteiger partial charge in [0.05, 0.1) is 6.10 Å². The van der Waals surface area contributed by atoms with Gasteiger partial charge in [-0.25, -0.2) is 0 Å². The second kappa shape index (κ2) is 6.16. The maximum absolute atomic E-state index is 12.5. The lowest BCUT2D eigenvalue weighted by molar-refractivity contribution is -0.121. The van der Waals surface area contributed by atoms with Crippen molar-refractivity contribution in [1.29, 1.82) is 0 Å². The maximum Gasteiger partial charge on any atom is 0.227 e. The van der Waals surface area contributed by atoms with E-state index in [1.54, 1.807) is 0 Å². The number of fused-ring (bicyclic) bond motifs is 2. The summed E-state index contributed by atoms with van der Waals surface area (Å²) in [5, 5.41) is 12.7. The van der Waals surface area contributed by atoms with E-state index in [4.69, 9.17) is 0 Å². The Kier molecular flexibility index (Phi) is 4.02. The van der Waals surface area contributed by atoms with Gasteiger partial charge in [-0.15, -0.1) is 0 Å². The number of benzene rings is 1. The first kappa shape index (κ1) is 15.0. The standard InChI is InChI=1S/C19H26N2O2/c22-17-7-9-21(10-8-17)16-5-3-15(4-6-16)20-19(23)18-12-13-1-2-14(18)11-13/h3-6,13-14,17-18,22H,1-2,7-12H2,(H,20,23)/t13-,14-,18+/m0/s1. The van der Waals surface area contributed by atoms with Crippen LogP contribution in [0, 0.1) is 17.8 Å². The Hall–Kier alpha value is -1.55. The summed E-state index contributed by atoms with van der Waals surface area (Å²) in [6.07, 6.45) is 6.44. The third-order valence-corrected chi connectivity index (χ3v) is 6.04. The lowest BCUT2D eigenvalue weighted by Gasteiger charge is -2.31. The third kappa shape index (κ3) is 3.09. The van der Waals surface area contributed by atoms with E-state index in [0.29, 0.717) is 5.92 Å². The fourth-order valence-corrected chi connectivity index (χ4v) is 4.68. The molecule has 2 N–H and O–H groups in total. The van der Waals surface area contributed by atoms with Gasteiger partial charge >= 0.3 is 0 Å². The molecule has 4 rings (SSSR count). The Balaban J connectivity index is 1.36. The van der Waals surface area contributed by atoms with Crippen LogP contribution in [-0.4, -0.2) is 30.2 Å². The van der Waals surface area contributed by atoms with Crippen LogP contribution in [0.2, 0.25) is 0 Å². The number of hydrogen-bond donors (Lipinski definition) is 2. The molecule has 1 saturated heterocycles. The first-order valence-corrected chi connectivity index (χ1v) is 9.03. The molecule has 1 aromatic carbocycles. The monoisotopic (exact) mass is 314 g/mol. The quantitative estimate of drug-likeness (QED) is 0.902. The molecule has 0 spiro atoms. The van der Waals surface area contributed by atoms with E-state index < -0.39 is 0 Å². The number of amides is 1. The number of rotatable bonds is 3. The minimum atomic E-state index is -0.147. The molecule has 4 nitrogen and oxygen atoms in total. The van der Waals surface area contributed by atoms with Crippen LogP contribution in [0.1, 0.15) is 38.5 Å². The molecule has 2 aliphatic carbocycles. The summed E-state index contributed by atoms with van der Waals surface area (Å²) in [5.41, 5.74) is 2.08. The normalized spacial score (nSPS) is 30.7. The zero-order valence-electron chi connectivity index (χ0n) is 13.6. The van der Waals surface area contributed by atoms with E-state index in [0.717, 1.165) is 44.0 Å². The zero-order chi connectivity index (χ0) is 15.8. The maximum atomic E-state index is 12.5. The molecule has 1 aromatic rings. The number of carbonyl (C=O) groups is 1. The van der Waals surface area contributed by atoms with Gasteiger partial charge < -0.3 is 15.3 Å². The number of nitrogens with zero attached hydrogens (tertiary/aromatic N) is 1. The summed E-state index contributed by atoms with van der Waals surface area (Å²) in [6, 6.07) is 8.17. The van der Waals surface area contributed by atoms with E-state index in [2.05, 4.69) is 22.3 Å². The molecule has 124 valence electrons. The van der Waals surface area contributed by atoms with Gasteiger partial charge in [0.1, 0.15) is 0 Å². The predicted octanol–water partition coefficient (Wildman–Crippen LogP) is 3.02. The summed E-state index contributed by atoms with van der Waals surface area (Å²) in [6.45, 7) is 1.80. The molecule has 1 heterocycles. The summed E-state index contributed by atoms with van der Waals surface area (Å²) in [4.78, 5) is 14.8. The SMILES string of the molecule is O=C(Nc1ccc(N2CCC(O)CC2)cc1)[C@@H]1C[C@H]2CC[C@H]1C2. The Morgan fingerprint density at radius 3 is 2.39 bits per heavy atom. The van der Waals surface area contributed by atoms with Crippen molar-refractivity contribution < 1.29 is 9.90 Å². The van der Waals surface area contributed by atoms with Gasteiger partial charge in [-0.1, -0.05) is 6.42 Å². The Bertz CT molecular complexity index is 563. The Morgan fingerprint density at radius 1 is 1.04 bits per heavy atom. The highest BCUT2D eigenvalue weighted by atomic mass is 16.3. The lowest BCUT2D eigenvalue weighted by Crippen LogP contribution is -2.35. The van der Waals surface area contributed by atoms with Gasteiger partial charge in [-0.3, -0.25) is 4.79 Å². The zero-order valence-corrected chi connectivity index (χ0v) is 13.6. The number of piperidine rings is 1. The van der Waals surface area contributed by atoms with Crippen molar-refractivity contribution in [3.8, 4) is 0 Å². The van der Waals surface area contributed by atoms with Gasteiger partial charge in [-0.2, -0.15) is 0 Å². The van der Waals surface area contributed by atoms with Crippen LogP contribution in [0.15, 0.2) is 24.3 Å². The Morgan fingerprint density at radius 2 is 1.78 bits per heavy atom. The van der Waals surface area contributed by atoms with E-state index in [-0.39, 0.29) is 17.9 Å². The average molecular weight is 314 g/mol. The summed E-state index contributed by atoms with van der Waals surface area (Å²) in [7, 11) is 0. The Labute approximate surface area is 137 Å². The van der Waals surface area contributed by atoms with E-state index in [9.17, 15) is 9.90 Å². The third-order valence-electron chi connectivity index (χ3n) is 6.04. The van der Waals surface area contributed by atoms with Gasteiger partial charge in [-0.05, 0) is 68.2 Å². The molecule has 3 atom stereocenters. The molecule has 1 aliphatic heterocycles. The minimum Gasteiger partial charge on any atom is -0.393 e. The van der Waals surface area contributed by atoms with Crippen molar-refractivity contribution in [2.24, 2.45) is 17.8 Å². The summed E-state index contributed by atoms with van der Waals surface area (Å²) < 4.78 is 0. The molecular weight excluding hydrogens is 288 g/mol. The number of aliphatic hydroxyl groups excluding tert-OH is 1. The molecule has 4 heteroatoms. The fourth-order valence-electron chi connectivity index (χ4n) is 4.68. The number of anilines is 2. The molecule has 0 radical (unpaired) electrons. The van der Waals surface area contributed by atoms with Gasteiger partial charge in [0.25, 0.3) is 0 Å². The highest BCUT2D eigenvalue weighted by Crippen LogP contribution is 2.48. The second-order valence-electron chi connectivity index (χ2n) is 7.54. The van der Waals surface area contributed by atoms with Crippen molar-refractivity contribution in [1.82, 2.24) is 0 Å². The molecule has 23 heavy (non-hydrogen) atoms. The van der Waals surface area contributed by atoms with Crippen molar-refractivity contribution >= 4 is 17.3 Å². The van der Waals surface area contributed by atoms with Crippen molar-refractivity contribution in [3.05, 3.63) is 24.3 Å². The van der Waals surface area contributed by atoms with Crippen LogP contribution in [-0.2, 0) is 4.79 Å². The van der Waals surface area contributed by atoms with Gasteiger partial charge in [0.15, 0.2) is 0 Å². The highest BCUT2D eigenvalue weighted by Gasteiger charge is 2.42. The number of carbonyl (C=O) groups excluding carboxylic acids is 1. The van der Waals surface area contributed by atoms with Crippen molar-refractivity contribution in [2.45, 2.75) is 44.6 Å². The fraction of sp³-hybridized carbons (Fsp3) is 0.632. The first-order chi connectivity index (χ1) is 11.2. The molecular formula is C19H26N2O2. The summed E-state index contributed by atoms with van der Waals surface area (Å²) in [5.74, 6) is 1.87. The molecule has 2 saturated carbocycles. The molecule has 2 bridgehead atoms. The lowest BCUT2D eigenvalue weighted by atomic mass is 9.88.